The van der Waals surface area contributed by atoms with Crippen LogP contribution in [0.1, 0.15) is 112 Å². The molecule has 7 heteroatoms. The second-order valence-electron chi connectivity index (χ2n) is 16.8. The Kier molecular flexibility index (Phi) is 15.3. The number of aliphatic hydroxyl groups excluding tert-OH is 1. The lowest BCUT2D eigenvalue weighted by Crippen LogP contribution is -2.45. The van der Waals surface area contributed by atoms with Gasteiger partial charge in [-0.15, -0.1) is 0 Å². The molecule has 2 rings (SSSR count). The number of rotatable bonds is 17. The Hall–Kier alpha value is -1.26. The standard InChI is InChI=1S/C38H68O5Si2/c1-29(2)41-36(40)23-19-14-13-18-22-33-32(34(39)28-35(33)43-45(11,12)38(6,7)8)27-26-31(42-44(9,10)37(3,4)5)25-24-30-20-16-15-17-21-30/h13,15-18,20-21,29,31-35,39H,14,19,22-28H2,1-12H3/t31-,32+,33+,34+,35-/m0/s1. The molecular weight excluding hydrogens is 593 g/mol. The van der Waals surface area contributed by atoms with E-state index in [-0.39, 0.29) is 52.3 Å². The van der Waals surface area contributed by atoms with E-state index in [0.29, 0.717) is 12.8 Å². The lowest BCUT2D eigenvalue weighted by Gasteiger charge is -2.41. The molecular formula is C38H68O5Si2. The number of allylic oxidation sites excluding steroid dienone is 2. The molecule has 0 saturated heterocycles. The first-order valence-corrected chi connectivity index (χ1v) is 23.5. The summed E-state index contributed by atoms with van der Waals surface area (Å²) in [5.74, 6) is 0.313. The third kappa shape index (κ3) is 13.0. The number of carbonyl (C=O) groups excluding carboxylic acids is 1. The van der Waals surface area contributed by atoms with Crippen molar-refractivity contribution in [2.24, 2.45) is 11.8 Å². The summed E-state index contributed by atoms with van der Waals surface area (Å²) in [5.41, 5.74) is 1.35. The molecule has 0 bridgehead atoms. The van der Waals surface area contributed by atoms with Gasteiger partial charge in [0.05, 0.1) is 18.3 Å². The van der Waals surface area contributed by atoms with Crippen LogP contribution in [0.2, 0.25) is 36.3 Å². The Bertz CT molecular complexity index is 1040. The highest BCUT2D eigenvalue weighted by Gasteiger charge is 2.47. The molecule has 0 aromatic heterocycles. The van der Waals surface area contributed by atoms with Gasteiger partial charge >= 0.3 is 5.97 Å². The average Bonchev–Trinajstić information content (AvgIpc) is 3.19. The molecule has 0 spiro atoms. The van der Waals surface area contributed by atoms with Gasteiger partial charge in [-0.2, -0.15) is 0 Å². The third-order valence-corrected chi connectivity index (χ3v) is 19.7. The Balaban J connectivity index is 2.19. The van der Waals surface area contributed by atoms with Gasteiger partial charge in [-0.25, -0.2) is 0 Å². The second kappa shape index (κ2) is 17.2. The number of carbonyl (C=O) groups is 1. The highest BCUT2D eigenvalue weighted by molar-refractivity contribution is 6.74. The molecule has 0 heterocycles. The highest BCUT2D eigenvalue weighted by atomic mass is 28.4. The summed E-state index contributed by atoms with van der Waals surface area (Å²) < 4.78 is 19.4. The normalized spacial score (nSPS) is 22.4. The predicted molar refractivity (Wildman–Crippen MR) is 195 cm³/mol. The first kappa shape index (κ1) is 39.9. The van der Waals surface area contributed by atoms with E-state index in [1.807, 2.05) is 13.8 Å². The van der Waals surface area contributed by atoms with E-state index in [1.165, 1.54) is 5.56 Å². The quantitative estimate of drug-likeness (QED) is 0.0780. The topological polar surface area (TPSA) is 65.0 Å². The van der Waals surface area contributed by atoms with Crippen LogP contribution in [-0.2, 0) is 24.8 Å². The van der Waals surface area contributed by atoms with E-state index in [4.69, 9.17) is 13.6 Å². The van der Waals surface area contributed by atoms with Crippen LogP contribution in [0, 0.1) is 11.8 Å². The number of benzene rings is 1. The summed E-state index contributed by atoms with van der Waals surface area (Å²) in [6, 6.07) is 10.7. The van der Waals surface area contributed by atoms with E-state index in [1.54, 1.807) is 0 Å². The smallest absolute Gasteiger partial charge is 0.306 e. The maximum absolute atomic E-state index is 11.9. The molecule has 0 radical (unpaired) electrons. The predicted octanol–water partition coefficient (Wildman–Crippen LogP) is 10.2. The van der Waals surface area contributed by atoms with Crippen molar-refractivity contribution >= 4 is 22.6 Å². The van der Waals surface area contributed by atoms with Crippen molar-refractivity contribution in [3.8, 4) is 0 Å². The molecule has 0 amide bonds. The summed E-state index contributed by atoms with van der Waals surface area (Å²) in [6.07, 6.45) is 11.8. The van der Waals surface area contributed by atoms with E-state index in [0.717, 1.165) is 44.9 Å². The number of aryl methyl sites for hydroxylation is 1. The Morgan fingerprint density at radius 2 is 1.56 bits per heavy atom. The van der Waals surface area contributed by atoms with Crippen LogP contribution >= 0.6 is 0 Å². The number of aliphatic hydroxyl groups is 1. The number of esters is 1. The van der Waals surface area contributed by atoms with Gasteiger partial charge in [0.25, 0.3) is 0 Å². The summed E-state index contributed by atoms with van der Waals surface area (Å²) in [5, 5.41) is 11.8. The van der Waals surface area contributed by atoms with Gasteiger partial charge in [-0.3, -0.25) is 4.79 Å². The minimum atomic E-state index is -2.01. The fourth-order valence-corrected chi connectivity index (χ4v) is 8.64. The minimum Gasteiger partial charge on any atom is -0.463 e. The van der Waals surface area contributed by atoms with Crippen LogP contribution in [0.3, 0.4) is 0 Å². The zero-order valence-corrected chi connectivity index (χ0v) is 32.9. The first-order chi connectivity index (χ1) is 20.7. The molecule has 1 fully saturated rings. The zero-order valence-electron chi connectivity index (χ0n) is 30.9. The van der Waals surface area contributed by atoms with Crippen molar-refractivity contribution in [1.82, 2.24) is 0 Å². The maximum Gasteiger partial charge on any atom is 0.306 e. The van der Waals surface area contributed by atoms with Gasteiger partial charge in [0.2, 0.25) is 0 Å². The van der Waals surface area contributed by atoms with Gasteiger partial charge in [0.15, 0.2) is 16.6 Å². The molecule has 258 valence electrons. The van der Waals surface area contributed by atoms with Gasteiger partial charge in [-0.1, -0.05) is 84.0 Å². The first-order valence-electron chi connectivity index (χ1n) is 17.7. The molecule has 0 aliphatic heterocycles. The number of hydrogen-bond donors (Lipinski definition) is 1. The minimum absolute atomic E-state index is 0.0561. The van der Waals surface area contributed by atoms with Gasteiger partial charge in [0, 0.05) is 12.5 Å². The van der Waals surface area contributed by atoms with E-state index < -0.39 is 16.6 Å². The van der Waals surface area contributed by atoms with Crippen LogP contribution < -0.4 is 0 Å². The fourth-order valence-electron chi connectivity index (χ4n) is 5.84. The van der Waals surface area contributed by atoms with E-state index >= 15 is 0 Å². The van der Waals surface area contributed by atoms with Crippen molar-refractivity contribution in [2.45, 2.75) is 174 Å². The number of ether oxygens (including phenoxy) is 1. The molecule has 1 aliphatic carbocycles. The van der Waals surface area contributed by atoms with E-state index in [9.17, 15) is 9.90 Å². The zero-order chi connectivity index (χ0) is 34.1. The molecule has 5 atom stereocenters. The fraction of sp³-hybridized carbons (Fsp3) is 0.763. The number of unbranched alkanes of at least 4 members (excludes halogenated alkanes) is 1. The molecule has 5 nitrogen and oxygen atoms in total. The molecule has 1 N–H and O–H groups in total. The van der Waals surface area contributed by atoms with Crippen molar-refractivity contribution < 1.29 is 23.5 Å². The van der Waals surface area contributed by atoms with Crippen LogP contribution in [0.5, 0.6) is 0 Å². The third-order valence-electron chi connectivity index (χ3n) is 10.6. The molecule has 1 saturated carbocycles. The van der Waals surface area contributed by atoms with Crippen LogP contribution in [0.4, 0.5) is 0 Å². The van der Waals surface area contributed by atoms with Crippen LogP contribution in [0.25, 0.3) is 0 Å². The molecule has 1 aromatic rings. The Morgan fingerprint density at radius 1 is 0.933 bits per heavy atom. The summed E-state index contributed by atoms with van der Waals surface area (Å²) in [6.45, 7) is 26.9. The molecule has 0 unspecified atom stereocenters. The van der Waals surface area contributed by atoms with Gasteiger partial charge in [0.1, 0.15) is 0 Å². The SMILES string of the molecule is CC(C)OC(=O)CCCC=CC[C@@H]1[C@@H](CC[C@H](CCc2ccccc2)O[Si](C)(C)C(C)(C)C)[C@H](O)C[C@@H]1O[Si](C)(C)C(C)(C)C. The monoisotopic (exact) mass is 660 g/mol. The van der Waals surface area contributed by atoms with Crippen molar-refractivity contribution in [3.63, 3.8) is 0 Å². The molecule has 45 heavy (non-hydrogen) atoms. The Morgan fingerprint density at radius 3 is 2.13 bits per heavy atom. The lowest BCUT2D eigenvalue weighted by molar-refractivity contribution is -0.147. The van der Waals surface area contributed by atoms with Crippen molar-refractivity contribution in [1.29, 1.82) is 0 Å². The number of hydrogen-bond acceptors (Lipinski definition) is 5. The van der Waals surface area contributed by atoms with E-state index in [2.05, 4.69) is 110 Å². The summed E-state index contributed by atoms with van der Waals surface area (Å²) in [4.78, 5) is 11.9. The second-order valence-corrected chi connectivity index (χ2v) is 26.3. The van der Waals surface area contributed by atoms with Crippen molar-refractivity contribution in [3.05, 3.63) is 48.0 Å². The average molecular weight is 661 g/mol. The summed E-state index contributed by atoms with van der Waals surface area (Å²) >= 11 is 0. The Labute approximate surface area is 279 Å². The highest BCUT2D eigenvalue weighted by Crippen LogP contribution is 2.46. The largest absolute Gasteiger partial charge is 0.463 e. The molecule has 1 aromatic carbocycles. The van der Waals surface area contributed by atoms with Gasteiger partial charge < -0.3 is 18.7 Å². The van der Waals surface area contributed by atoms with Crippen LogP contribution in [-0.4, -0.2) is 52.1 Å². The van der Waals surface area contributed by atoms with Crippen LogP contribution in [0.15, 0.2) is 42.5 Å². The summed E-state index contributed by atoms with van der Waals surface area (Å²) in [7, 11) is -3.97. The lowest BCUT2D eigenvalue weighted by atomic mass is 9.85. The molecule has 1 aliphatic rings. The van der Waals surface area contributed by atoms with Gasteiger partial charge in [-0.05, 0) is 119 Å². The maximum atomic E-state index is 11.9. The van der Waals surface area contributed by atoms with Crippen molar-refractivity contribution in [2.75, 3.05) is 0 Å².